The van der Waals surface area contributed by atoms with E-state index in [0.29, 0.717) is 24.8 Å². The van der Waals surface area contributed by atoms with E-state index in [9.17, 15) is 4.79 Å². The Balaban J connectivity index is 2.17. The molecule has 0 heterocycles. The molecule has 0 atom stereocenters. The van der Waals surface area contributed by atoms with Gasteiger partial charge in [0.15, 0.2) is 0 Å². The maximum absolute atomic E-state index is 11.3. The van der Waals surface area contributed by atoms with Crippen LogP contribution in [0.4, 0.5) is 0 Å². The van der Waals surface area contributed by atoms with E-state index in [0.717, 1.165) is 5.56 Å². The van der Waals surface area contributed by atoms with Crippen molar-refractivity contribution >= 4 is 17.5 Å². The summed E-state index contributed by atoms with van der Waals surface area (Å²) in [6, 6.07) is 7.32. The van der Waals surface area contributed by atoms with Crippen LogP contribution in [0.15, 0.2) is 24.3 Å². The molecule has 1 amide bonds. The molecule has 94 valence electrons. The fourth-order valence-corrected chi connectivity index (χ4v) is 1.29. The van der Waals surface area contributed by atoms with Gasteiger partial charge in [-0.05, 0) is 17.7 Å². The average Bonchev–Trinajstić information content (AvgIpc) is 2.34. The molecule has 4 nitrogen and oxygen atoms in total. The average molecular weight is 258 g/mol. The topological polar surface area (TPSA) is 47.6 Å². The van der Waals surface area contributed by atoms with E-state index >= 15 is 0 Å². The highest BCUT2D eigenvalue weighted by atomic mass is 35.5. The predicted octanol–water partition coefficient (Wildman–Crippen LogP) is 1.62. The van der Waals surface area contributed by atoms with Crippen molar-refractivity contribution in [2.75, 3.05) is 26.9 Å². The second-order valence-electron chi connectivity index (χ2n) is 3.45. The lowest BCUT2D eigenvalue weighted by Gasteiger charge is -2.06. The summed E-state index contributed by atoms with van der Waals surface area (Å²) in [5, 5.41) is 3.43. The first-order valence-corrected chi connectivity index (χ1v) is 5.68. The van der Waals surface area contributed by atoms with Crippen LogP contribution in [-0.2, 0) is 20.8 Å². The van der Waals surface area contributed by atoms with E-state index in [1.807, 2.05) is 12.1 Å². The molecule has 1 N–H and O–H groups in total. The van der Waals surface area contributed by atoms with Gasteiger partial charge in [0.05, 0.1) is 13.2 Å². The first-order chi connectivity index (χ1) is 8.22. The van der Waals surface area contributed by atoms with Crippen molar-refractivity contribution in [3.05, 3.63) is 34.9 Å². The van der Waals surface area contributed by atoms with Gasteiger partial charge in [-0.25, -0.2) is 0 Å². The maximum Gasteiger partial charge on any atom is 0.246 e. The minimum absolute atomic E-state index is 0.0525. The van der Waals surface area contributed by atoms with Gasteiger partial charge in [-0.15, -0.1) is 0 Å². The molecule has 1 aromatic carbocycles. The van der Waals surface area contributed by atoms with Crippen molar-refractivity contribution in [2.24, 2.45) is 0 Å². The Morgan fingerprint density at radius 3 is 2.65 bits per heavy atom. The molecule has 0 saturated carbocycles. The Labute approximate surface area is 106 Å². The molecule has 5 heteroatoms. The maximum atomic E-state index is 11.3. The smallest absolute Gasteiger partial charge is 0.246 e. The van der Waals surface area contributed by atoms with E-state index in [2.05, 4.69) is 5.32 Å². The number of halogens is 1. The van der Waals surface area contributed by atoms with Gasteiger partial charge >= 0.3 is 0 Å². The van der Waals surface area contributed by atoms with Crippen LogP contribution in [0, 0.1) is 0 Å². The van der Waals surface area contributed by atoms with Gasteiger partial charge in [0, 0.05) is 18.7 Å². The number of nitrogens with one attached hydrogen (secondary N) is 1. The van der Waals surface area contributed by atoms with Gasteiger partial charge in [0.1, 0.15) is 6.61 Å². The third kappa shape index (κ3) is 6.26. The minimum atomic E-state index is -0.143. The monoisotopic (exact) mass is 257 g/mol. The van der Waals surface area contributed by atoms with E-state index in [4.69, 9.17) is 21.1 Å². The van der Waals surface area contributed by atoms with Gasteiger partial charge in [-0.1, -0.05) is 23.7 Å². The van der Waals surface area contributed by atoms with Gasteiger partial charge in [-0.3, -0.25) is 4.79 Å². The molecule has 0 aliphatic heterocycles. The Bertz CT molecular complexity index is 340. The van der Waals surface area contributed by atoms with Crippen LogP contribution in [0.3, 0.4) is 0 Å². The molecule has 0 fully saturated rings. The summed E-state index contributed by atoms with van der Waals surface area (Å²) in [4.78, 5) is 11.3. The van der Waals surface area contributed by atoms with E-state index < -0.39 is 0 Å². The molecular formula is C12H16ClNO3. The third-order valence-electron chi connectivity index (χ3n) is 2.07. The number of amides is 1. The molecule has 0 spiro atoms. The van der Waals surface area contributed by atoms with Gasteiger partial charge in [0.2, 0.25) is 5.91 Å². The molecule has 0 aromatic heterocycles. The summed E-state index contributed by atoms with van der Waals surface area (Å²) >= 11 is 5.75. The molecule has 0 radical (unpaired) electrons. The SMILES string of the molecule is COCCOCC(=O)NCc1ccc(Cl)cc1. The number of carbonyl (C=O) groups excluding carboxylic acids is 1. The summed E-state index contributed by atoms with van der Waals surface area (Å²) in [7, 11) is 1.59. The van der Waals surface area contributed by atoms with Crippen LogP contribution in [-0.4, -0.2) is 32.8 Å². The summed E-state index contributed by atoms with van der Waals surface area (Å²) < 4.78 is 9.88. The lowest BCUT2D eigenvalue weighted by molar-refractivity contribution is -0.126. The molecule has 0 bridgehead atoms. The summed E-state index contributed by atoms with van der Waals surface area (Å²) in [5.74, 6) is -0.143. The summed E-state index contributed by atoms with van der Waals surface area (Å²) in [6.45, 7) is 1.44. The van der Waals surface area contributed by atoms with E-state index in [-0.39, 0.29) is 12.5 Å². The highest BCUT2D eigenvalue weighted by Gasteiger charge is 2.01. The Hall–Kier alpha value is -1.10. The van der Waals surface area contributed by atoms with Crippen LogP contribution in [0.25, 0.3) is 0 Å². The first kappa shape index (κ1) is 14.0. The minimum Gasteiger partial charge on any atom is -0.382 e. The number of methoxy groups -OCH3 is 1. The quantitative estimate of drug-likeness (QED) is 0.755. The molecular weight excluding hydrogens is 242 g/mol. The van der Waals surface area contributed by atoms with Gasteiger partial charge in [0.25, 0.3) is 0 Å². The fraction of sp³-hybridized carbons (Fsp3) is 0.417. The molecule has 0 aliphatic rings. The zero-order valence-electron chi connectivity index (χ0n) is 9.74. The van der Waals surface area contributed by atoms with Crippen molar-refractivity contribution in [1.82, 2.24) is 5.32 Å². The van der Waals surface area contributed by atoms with Crippen molar-refractivity contribution < 1.29 is 14.3 Å². The number of benzene rings is 1. The number of rotatable bonds is 7. The zero-order chi connectivity index (χ0) is 12.5. The fourth-order valence-electron chi connectivity index (χ4n) is 1.16. The van der Waals surface area contributed by atoms with Crippen molar-refractivity contribution in [3.63, 3.8) is 0 Å². The molecule has 0 aliphatic carbocycles. The molecule has 1 rings (SSSR count). The predicted molar refractivity (Wildman–Crippen MR) is 66.0 cm³/mol. The first-order valence-electron chi connectivity index (χ1n) is 5.30. The highest BCUT2D eigenvalue weighted by molar-refractivity contribution is 6.30. The van der Waals surface area contributed by atoms with E-state index in [1.165, 1.54) is 0 Å². The van der Waals surface area contributed by atoms with Crippen molar-refractivity contribution in [3.8, 4) is 0 Å². The standard InChI is InChI=1S/C12H16ClNO3/c1-16-6-7-17-9-12(15)14-8-10-2-4-11(13)5-3-10/h2-5H,6-9H2,1H3,(H,14,15). The highest BCUT2D eigenvalue weighted by Crippen LogP contribution is 2.08. The Morgan fingerprint density at radius 1 is 1.29 bits per heavy atom. The number of carbonyl (C=O) groups is 1. The van der Waals surface area contributed by atoms with Crippen LogP contribution >= 0.6 is 11.6 Å². The van der Waals surface area contributed by atoms with Crippen molar-refractivity contribution in [2.45, 2.75) is 6.54 Å². The summed E-state index contributed by atoms with van der Waals surface area (Å²) in [5.41, 5.74) is 1.000. The Kier molecular flexibility index (Phi) is 6.62. The number of hydrogen-bond donors (Lipinski definition) is 1. The van der Waals surface area contributed by atoms with Gasteiger partial charge < -0.3 is 14.8 Å². The van der Waals surface area contributed by atoms with Crippen LogP contribution in [0.2, 0.25) is 5.02 Å². The van der Waals surface area contributed by atoms with Crippen molar-refractivity contribution in [1.29, 1.82) is 0 Å². The van der Waals surface area contributed by atoms with Crippen LogP contribution in [0.1, 0.15) is 5.56 Å². The van der Waals surface area contributed by atoms with Crippen LogP contribution in [0.5, 0.6) is 0 Å². The lowest BCUT2D eigenvalue weighted by atomic mass is 10.2. The lowest BCUT2D eigenvalue weighted by Crippen LogP contribution is -2.27. The summed E-state index contributed by atoms with van der Waals surface area (Å²) in [6.07, 6.45) is 0. The second kappa shape index (κ2) is 8.06. The normalized spacial score (nSPS) is 10.2. The number of hydrogen-bond acceptors (Lipinski definition) is 3. The molecule has 1 aromatic rings. The van der Waals surface area contributed by atoms with Crippen LogP contribution < -0.4 is 5.32 Å². The second-order valence-corrected chi connectivity index (χ2v) is 3.89. The van der Waals surface area contributed by atoms with Gasteiger partial charge in [-0.2, -0.15) is 0 Å². The largest absolute Gasteiger partial charge is 0.382 e. The molecule has 17 heavy (non-hydrogen) atoms. The third-order valence-corrected chi connectivity index (χ3v) is 2.32. The molecule has 0 saturated heterocycles. The Morgan fingerprint density at radius 2 is 2.00 bits per heavy atom. The van der Waals surface area contributed by atoms with E-state index in [1.54, 1.807) is 19.2 Å². The zero-order valence-corrected chi connectivity index (χ0v) is 10.5. The number of ether oxygens (including phenoxy) is 2. The molecule has 0 unspecified atom stereocenters.